The van der Waals surface area contributed by atoms with Gasteiger partial charge < -0.3 is 10.5 Å². The van der Waals surface area contributed by atoms with Gasteiger partial charge >= 0.3 is 0 Å². The monoisotopic (exact) mass is 296 g/mol. The van der Waals surface area contributed by atoms with Gasteiger partial charge in [-0.15, -0.1) is 0 Å². The zero-order valence-corrected chi connectivity index (χ0v) is 12.9. The highest BCUT2D eigenvalue weighted by Crippen LogP contribution is 2.26. The Bertz CT molecular complexity index is 562. The molecule has 1 saturated heterocycles. The van der Waals surface area contributed by atoms with Gasteiger partial charge in [-0.25, -0.2) is 0 Å². The molecule has 0 saturated carbocycles. The standard InChI is InChI=1S/C19H24N2O/c20-14-19(21-12-4-5-13-21)17-8-10-18(11-9-17)22-15-16-6-2-1-3-7-16/h1-3,6-11,19H,4-5,12-15,20H2/t19-/m1/s1. The van der Waals surface area contributed by atoms with Gasteiger partial charge in [-0.2, -0.15) is 0 Å². The van der Waals surface area contributed by atoms with E-state index in [1.54, 1.807) is 0 Å². The van der Waals surface area contributed by atoms with Gasteiger partial charge in [0.15, 0.2) is 0 Å². The summed E-state index contributed by atoms with van der Waals surface area (Å²) in [7, 11) is 0. The Labute approximate surface area is 132 Å². The number of nitrogens with zero attached hydrogens (tertiary/aromatic N) is 1. The van der Waals surface area contributed by atoms with Gasteiger partial charge in [0.05, 0.1) is 0 Å². The third kappa shape index (κ3) is 3.67. The molecule has 3 nitrogen and oxygen atoms in total. The Morgan fingerprint density at radius 2 is 1.64 bits per heavy atom. The fourth-order valence-corrected chi connectivity index (χ4v) is 3.08. The highest BCUT2D eigenvalue weighted by molar-refractivity contribution is 5.30. The molecule has 116 valence electrons. The summed E-state index contributed by atoms with van der Waals surface area (Å²) in [5, 5.41) is 0. The quantitative estimate of drug-likeness (QED) is 0.888. The summed E-state index contributed by atoms with van der Waals surface area (Å²) in [6.07, 6.45) is 2.57. The number of benzene rings is 2. The van der Waals surface area contributed by atoms with Crippen molar-refractivity contribution in [3.05, 3.63) is 65.7 Å². The minimum Gasteiger partial charge on any atom is -0.489 e. The van der Waals surface area contributed by atoms with Crippen molar-refractivity contribution < 1.29 is 4.74 Å². The molecule has 1 atom stereocenters. The lowest BCUT2D eigenvalue weighted by atomic mass is 10.1. The van der Waals surface area contributed by atoms with Crippen molar-refractivity contribution in [2.75, 3.05) is 19.6 Å². The van der Waals surface area contributed by atoms with Crippen LogP contribution in [0.15, 0.2) is 54.6 Å². The molecule has 0 aromatic heterocycles. The van der Waals surface area contributed by atoms with Crippen molar-refractivity contribution in [3.8, 4) is 5.75 Å². The van der Waals surface area contributed by atoms with E-state index in [4.69, 9.17) is 10.5 Å². The average molecular weight is 296 g/mol. The maximum atomic E-state index is 5.98. The number of hydrogen-bond donors (Lipinski definition) is 1. The maximum absolute atomic E-state index is 5.98. The van der Waals surface area contributed by atoms with E-state index < -0.39 is 0 Å². The second-order valence-corrected chi connectivity index (χ2v) is 5.84. The molecule has 0 unspecified atom stereocenters. The minimum absolute atomic E-state index is 0.339. The molecular weight excluding hydrogens is 272 g/mol. The fourth-order valence-electron chi connectivity index (χ4n) is 3.08. The highest BCUT2D eigenvalue weighted by atomic mass is 16.5. The first kappa shape index (κ1) is 15.1. The van der Waals surface area contributed by atoms with E-state index in [1.807, 2.05) is 18.2 Å². The van der Waals surface area contributed by atoms with Crippen LogP contribution in [0, 0.1) is 0 Å². The van der Waals surface area contributed by atoms with Crippen molar-refractivity contribution in [2.45, 2.75) is 25.5 Å². The largest absolute Gasteiger partial charge is 0.489 e. The summed E-state index contributed by atoms with van der Waals surface area (Å²) in [4.78, 5) is 2.49. The predicted molar refractivity (Wildman–Crippen MR) is 89.8 cm³/mol. The van der Waals surface area contributed by atoms with E-state index in [1.165, 1.54) is 24.0 Å². The predicted octanol–water partition coefficient (Wildman–Crippen LogP) is 3.36. The number of hydrogen-bond acceptors (Lipinski definition) is 3. The summed E-state index contributed by atoms with van der Waals surface area (Å²) >= 11 is 0. The molecule has 0 amide bonds. The highest BCUT2D eigenvalue weighted by Gasteiger charge is 2.21. The van der Waals surface area contributed by atoms with Crippen LogP contribution < -0.4 is 10.5 Å². The molecule has 2 N–H and O–H groups in total. The van der Waals surface area contributed by atoms with Crippen molar-refractivity contribution in [2.24, 2.45) is 5.73 Å². The summed E-state index contributed by atoms with van der Waals surface area (Å²) in [6, 6.07) is 19.0. The normalized spacial score (nSPS) is 16.6. The van der Waals surface area contributed by atoms with Gasteiger partial charge in [0.25, 0.3) is 0 Å². The smallest absolute Gasteiger partial charge is 0.119 e. The second kappa shape index (κ2) is 7.43. The molecule has 0 spiro atoms. The molecule has 1 aliphatic heterocycles. The number of rotatable bonds is 6. The molecule has 1 fully saturated rings. The molecule has 3 rings (SSSR count). The second-order valence-electron chi connectivity index (χ2n) is 5.84. The van der Waals surface area contributed by atoms with Crippen LogP contribution in [0.1, 0.15) is 30.0 Å². The van der Waals surface area contributed by atoms with Crippen molar-refractivity contribution in [3.63, 3.8) is 0 Å². The van der Waals surface area contributed by atoms with Crippen LogP contribution in [0.3, 0.4) is 0 Å². The molecule has 0 bridgehead atoms. The number of nitrogens with two attached hydrogens (primary N) is 1. The van der Waals surface area contributed by atoms with E-state index in [-0.39, 0.29) is 0 Å². The fraction of sp³-hybridized carbons (Fsp3) is 0.368. The van der Waals surface area contributed by atoms with Crippen LogP contribution >= 0.6 is 0 Å². The third-order valence-electron chi connectivity index (χ3n) is 4.32. The van der Waals surface area contributed by atoms with Crippen LogP contribution in [-0.2, 0) is 6.61 Å². The third-order valence-corrected chi connectivity index (χ3v) is 4.32. The molecule has 0 aliphatic carbocycles. The van der Waals surface area contributed by atoms with Gasteiger partial charge in [-0.3, -0.25) is 4.90 Å². The maximum Gasteiger partial charge on any atom is 0.119 e. The van der Waals surface area contributed by atoms with E-state index in [0.29, 0.717) is 19.2 Å². The molecule has 2 aromatic rings. The van der Waals surface area contributed by atoms with E-state index in [2.05, 4.69) is 41.3 Å². The van der Waals surface area contributed by atoms with E-state index in [0.717, 1.165) is 18.8 Å². The molecule has 2 aromatic carbocycles. The van der Waals surface area contributed by atoms with Crippen LogP contribution in [0.25, 0.3) is 0 Å². The lowest BCUT2D eigenvalue weighted by Gasteiger charge is -2.26. The van der Waals surface area contributed by atoms with E-state index >= 15 is 0 Å². The van der Waals surface area contributed by atoms with Gasteiger partial charge in [0.1, 0.15) is 12.4 Å². The summed E-state index contributed by atoms with van der Waals surface area (Å²) in [5.74, 6) is 0.907. The van der Waals surface area contributed by atoms with Gasteiger partial charge in [-0.05, 0) is 49.2 Å². The SMILES string of the molecule is NC[C@H](c1ccc(OCc2ccccc2)cc1)N1CCCC1. The molecule has 1 heterocycles. The van der Waals surface area contributed by atoms with Crippen LogP contribution in [0.2, 0.25) is 0 Å². The Morgan fingerprint density at radius 1 is 0.955 bits per heavy atom. The zero-order chi connectivity index (χ0) is 15.2. The Hall–Kier alpha value is -1.84. The van der Waals surface area contributed by atoms with Gasteiger partial charge in [0.2, 0.25) is 0 Å². The van der Waals surface area contributed by atoms with Crippen LogP contribution in [0.4, 0.5) is 0 Å². The summed E-state index contributed by atoms with van der Waals surface area (Å²) < 4.78 is 5.84. The van der Waals surface area contributed by atoms with Crippen molar-refractivity contribution in [1.29, 1.82) is 0 Å². The molecule has 22 heavy (non-hydrogen) atoms. The summed E-state index contributed by atoms with van der Waals surface area (Å²) in [6.45, 7) is 3.60. The van der Waals surface area contributed by atoms with Crippen molar-refractivity contribution in [1.82, 2.24) is 4.90 Å². The molecule has 0 radical (unpaired) electrons. The Kier molecular flexibility index (Phi) is 5.09. The Morgan fingerprint density at radius 3 is 2.27 bits per heavy atom. The topological polar surface area (TPSA) is 38.5 Å². The van der Waals surface area contributed by atoms with Crippen molar-refractivity contribution >= 4 is 0 Å². The first-order valence-electron chi connectivity index (χ1n) is 8.07. The van der Waals surface area contributed by atoms with E-state index in [9.17, 15) is 0 Å². The van der Waals surface area contributed by atoms with Crippen LogP contribution in [-0.4, -0.2) is 24.5 Å². The number of likely N-dealkylation sites (tertiary alicyclic amines) is 1. The Balaban J connectivity index is 1.61. The lowest BCUT2D eigenvalue weighted by molar-refractivity contribution is 0.251. The van der Waals surface area contributed by atoms with Gasteiger partial charge in [-0.1, -0.05) is 42.5 Å². The minimum atomic E-state index is 0.339. The lowest BCUT2D eigenvalue weighted by Crippen LogP contribution is -2.31. The van der Waals surface area contributed by atoms with Gasteiger partial charge in [0, 0.05) is 12.6 Å². The average Bonchev–Trinajstić information content (AvgIpc) is 3.10. The molecule has 3 heteroatoms. The molecular formula is C19H24N2O. The first-order chi connectivity index (χ1) is 10.9. The summed E-state index contributed by atoms with van der Waals surface area (Å²) in [5.41, 5.74) is 8.46. The number of ether oxygens (including phenoxy) is 1. The van der Waals surface area contributed by atoms with Crippen LogP contribution in [0.5, 0.6) is 5.75 Å². The molecule has 1 aliphatic rings. The first-order valence-corrected chi connectivity index (χ1v) is 8.07. The zero-order valence-electron chi connectivity index (χ0n) is 12.9.